The summed E-state index contributed by atoms with van der Waals surface area (Å²) in [6, 6.07) is 10.6. The second-order valence-corrected chi connectivity index (χ2v) is 5.83. The number of hydrogen-bond donors (Lipinski definition) is 2. The average Bonchev–Trinajstić information content (AvgIpc) is 2.53. The first-order valence-corrected chi connectivity index (χ1v) is 8.07. The summed E-state index contributed by atoms with van der Waals surface area (Å²) in [7, 11) is 3.61. The Morgan fingerprint density at radius 2 is 1.76 bits per heavy atom. The molecule has 1 unspecified atom stereocenters. The molecule has 0 amide bonds. The summed E-state index contributed by atoms with van der Waals surface area (Å²) >= 11 is 0. The van der Waals surface area contributed by atoms with Crippen molar-refractivity contribution in [1.82, 2.24) is 15.5 Å². The Morgan fingerprint density at radius 3 is 2.32 bits per heavy atom. The number of aliphatic imine (C=N–C) groups is 1. The molecule has 8 heteroatoms. The molecule has 0 aliphatic heterocycles. The van der Waals surface area contributed by atoms with Gasteiger partial charge in [-0.15, -0.1) is 24.0 Å². The van der Waals surface area contributed by atoms with E-state index in [4.69, 9.17) is 0 Å². The monoisotopic (exact) mass is 472 g/mol. The maximum absolute atomic E-state index is 12.1. The van der Waals surface area contributed by atoms with E-state index in [1.807, 2.05) is 18.2 Å². The number of hydrogen-bond acceptors (Lipinski definition) is 2. The van der Waals surface area contributed by atoms with E-state index in [1.165, 1.54) is 5.56 Å². The maximum Gasteiger partial charge on any atom is 0.390 e. The minimum Gasteiger partial charge on any atom is -0.356 e. The second kappa shape index (κ2) is 12.3. The first kappa shape index (κ1) is 24.0. The number of alkyl halides is 3. The van der Waals surface area contributed by atoms with Crippen LogP contribution in [0.5, 0.6) is 0 Å². The molecule has 0 saturated carbocycles. The van der Waals surface area contributed by atoms with Crippen molar-refractivity contribution in [2.24, 2.45) is 4.99 Å². The van der Waals surface area contributed by atoms with Crippen LogP contribution >= 0.6 is 24.0 Å². The molecule has 0 heterocycles. The topological polar surface area (TPSA) is 39.7 Å². The van der Waals surface area contributed by atoms with Crippen molar-refractivity contribution in [2.45, 2.75) is 38.5 Å². The Bertz CT molecular complexity index is 494. The summed E-state index contributed by atoms with van der Waals surface area (Å²) < 4.78 is 36.4. The Balaban J connectivity index is 0.00000576. The van der Waals surface area contributed by atoms with Crippen LogP contribution in [0.2, 0.25) is 0 Å². The van der Waals surface area contributed by atoms with Gasteiger partial charge < -0.3 is 10.6 Å². The molecule has 1 atom stereocenters. The van der Waals surface area contributed by atoms with Crippen molar-refractivity contribution < 1.29 is 13.2 Å². The van der Waals surface area contributed by atoms with Gasteiger partial charge in [0.15, 0.2) is 5.96 Å². The SMILES string of the molecule is CN=C(NCCC(C)N(C)Cc1ccccc1)NCCC(F)(F)F.I. The highest BCUT2D eigenvalue weighted by atomic mass is 127. The number of nitrogens with one attached hydrogen (secondary N) is 2. The van der Waals surface area contributed by atoms with Crippen molar-refractivity contribution in [3.63, 3.8) is 0 Å². The fourth-order valence-corrected chi connectivity index (χ4v) is 2.19. The molecule has 0 radical (unpaired) electrons. The van der Waals surface area contributed by atoms with E-state index in [0.29, 0.717) is 18.5 Å². The molecule has 0 saturated heterocycles. The number of benzene rings is 1. The molecule has 1 rings (SSSR count). The Hall–Kier alpha value is -1.03. The molecule has 4 nitrogen and oxygen atoms in total. The maximum atomic E-state index is 12.1. The molecule has 0 spiro atoms. The molecular weight excluding hydrogens is 444 g/mol. The molecule has 0 aliphatic rings. The molecule has 2 N–H and O–H groups in total. The molecule has 144 valence electrons. The van der Waals surface area contributed by atoms with Crippen molar-refractivity contribution >= 4 is 29.9 Å². The first-order valence-electron chi connectivity index (χ1n) is 8.07. The fourth-order valence-electron chi connectivity index (χ4n) is 2.19. The Morgan fingerprint density at radius 1 is 1.16 bits per heavy atom. The van der Waals surface area contributed by atoms with Crippen LogP contribution < -0.4 is 10.6 Å². The smallest absolute Gasteiger partial charge is 0.356 e. The highest BCUT2D eigenvalue weighted by molar-refractivity contribution is 14.0. The van der Waals surface area contributed by atoms with Crippen LogP contribution in [-0.2, 0) is 6.54 Å². The van der Waals surface area contributed by atoms with Crippen molar-refractivity contribution in [3.05, 3.63) is 35.9 Å². The van der Waals surface area contributed by atoms with Crippen molar-refractivity contribution in [1.29, 1.82) is 0 Å². The zero-order valence-corrected chi connectivity index (χ0v) is 17.3. The van der Waals surface area contributed by atoms with E-state index in [-0.39, 0.29) is 30.5 Å². The van der Waals surface area contributed by atoms with Crippen molar-refractivity contribution in [3.8, 4) is 0 Å². The zero-order valence-electron chi connectivity index (χ0n) is 14.9. The van der Waals surface area contributed by atoms with Gasteiger partial charge in [-0.3, -0.25) is 9.89 Å². The molecule has 0 aromatic heterocycles. The molecule has 0 aliphatic carbocycles. The van der Waals surface area contributed by atoms with Crippen LogP contribution in [0.1, 0.15) is 25.3 Å². The van der Waals surface area contributed by atoms with Gasteiger partial charge in [0.2, 0.25) is 0 Å². The van der Waals surface area contributed by atoms with Crippen LogP contribution in [0.4, 0.5) is 13.2 Å². The molecule has 0 fully saturated rings. The minimum atomic E-state index is -4.15. The third kappa shape index (κ3) is 11.2. The lowest BCUT2D eigenvalue weighted by atomic mass is 10.1. The van der Waals surface area contributed by atoms with E-state index < -0.39 is 12.6 Å². The number of rotatable bonds is 8. The summed E-state index contributed by atoms with van der Waals surface area (Å²) in [4.78, 5) is 6.18. The lowest BCUT2D eigenvalue weighted by molar-refractivity contribution is -0.132. The van der Waals surface area contributed by atoms with E-state index in [2.05, 4.69) is 46.6 Å². The van der Waals surface area contributed by atoms with Crippen LogP contribution in [0.25, 0.3) is 0 Å². The quantitative estimate of drug-likeness (QED) is 0.345. The number of halogens is 4. The van der Waals surface area contributed by atoms with Crippen LogP contribution in [-0.4, -0.2) is 50.3 Å². The highest BCUT2D eigenvalue weighted by Gasteiger charge is 2.26. The van der Waals surface area contributed by atoms with Gasteiger partial charge in [0, 0.05) is 32.7 Å². The van der Waals surface area contributed by atoms with E-state index in [0.717, 1.165) is 13.0 Å². The number of guanidine groups is 1. The highest BCUT2D eigenvalue weighted by Crippen LogP contribution is 2.18. The van der Waals surface area contributed by atoms with Crippen molar-refractivity contribution in [2.75, 3.05) is 27.2 Å². The van der Waals surface area contributed by atoms with Gasteiger partial charge in [-0.25, -0.2) is 0 Å². The average molecular weight is 472 g/mol. The lowest BCUT2D eigenvalue weighted by Crippen LogP contribution is -2.41. The predicted octanol–water partition coefficient (Wildman–Crippen LogP) is 3.63. The van der Waals surface area contributed by atoms with Gasteiger partial charge >= 0.3 is 6.18 Å². The standard InChI is InChI=1S/C17H27F3N4.HI/c1-14(24(3)13-15-7-5-4-6-8-15)9-11-22-16(21-2)23-12-10-17(18,19)20;/h4-8,14H,9-13H2,1-3H3,(H2,21,22,23);1H. The van der Waals surface area contributed by atoms with Crippen LogP contribution in [0.15, 0.2) is 35.3 Å². The normalized spacial score (nSPS) is 13.3. The summed E-state index contributed by atoms with van der Waals surface area (Å²) in [6.45, 7) is 3.46. The minimum absolute atomic E-state index is 0. The predicted molar refractivity (Wildman–Crippen MR) is 107 cm³/mol. The summed E-state index contributed by atoms with van der Waals surface area (Å²) in [6.07, 6.45) is -4.16. The first-order chi connectivity index (χ1) is 11.3. The largest absolute Gasteiger partial charge is 0.390 e. The summed E-state index contributed by atoms with van der Waals surface area (Å²) in [5.41, 5.74) is 1.25. The molecule has 1 aromatic carbocycles. The molecule has 1 aromatic rings. The van der Waals surface area contributed by atoms with Gasteiger partial charge in [-0.1, -0.05) is 30.3 Å². The summed E-state index contributed by atoms with van der Waals surface area (Å²) in [5, 5.41) is 5.72. The van der Waals surface area contributed by atoms with E-state index in [1.54, 1.807) is 7.05 Å². The third-order valence-corrected chi connectivity index (χ3v) is 3.81. The van der Waals surface area contributed by atoms with Gasteiger partial charge in [0.1, 0.15) is 0 Å². The Labute approximate surface area is 165 Å². The van der Waals surface area contributed by atoms with Crippen LogP contribution in [0.3, 0.4) is 0 Å². The second-order valence-electron chi connectivity index (χ2n) is 5.83. The summed E-state index contributed by atoms with van der Waals surface area (Å²) in [5.74, 6) is 0.400. The Kier molecular flexibility index (Phi) is 11.8. The van der Waals surface area contributed by atoms with E-state index in [9.17, 15) is 13.2 Å². The fraction of sp³-hybridized carbons (Fsp3) is 0.588. The molecule has 0 bridgehead atoms. The lowest BCUT2D eigenvalue weighted by Gasteiger charge is -2.25. The van der Waals surface area contributed by atoms with E-state index >= 15 is 0 Å². The van der Waals surface area contributed by atoms with Gasteiger partial charge in [0.25, 0.3) is 0 Å². The van der Waals surface area contributed by atoms with Crippen LogP contribution in [0, 0.1) is 0 Å². The molecule has 25 heavy (non-hydrogen) atoms. The number of nitrogens with zero attached hydrogens (tertiary/aromatic N) is 2. The zero-order chi connectivity index (χ0) is 18.0. The van der Waals surface area contributed by atoms with Gasteiger partial charge in [-0.05, 0) is 26.0 Å². The van der Waals surface area contributed by atoms with Gasteiger partial charge in [0.05, 0.1) is 6.42 Å². The molecular formula is C17H28F3IN4. The third-order valence-electron chi connectivity index (χ3n) is 3.81. The van der Waals surface area contributed by atoms with Gasteiger partial charge in [-0.2, -0.15) is 13.2 Å².